The first-order chi connectivity index (χ1) is 12.7. The Labute approximate surface area is 154 Å². The Morgan fingerprint density at radius 3 is 2.69 bits per heavy atom. The Morgan fingerprint density at radius 1 is 1.08 bits per heavy atom. The highest BCUT2D eigenvalue weighted by Crippen LogP contribution is 2.31. The van der Waals surface area contributed by atoms with Crippen molar-refractivity contribution in [3.63, 3.8) is 0 Å². The van der Waals surface area contributed by atoms with Gasteiger partial charge in [-0.2, -0.15) is 0 Å². The van der Waals surface area contributed by atoms with Crippen molar-refractivity contribution in [3.8, 4) is 11.4 Å². The van der Waals surface area contributed by atoms with Gasteiger partial charge in [0.15, 0.2) is 0 Å². The van der Waals surface area contributed by atoms with Crippen LogP contribution < -0.4 is 4.74 Å². The first-order valence-corrected chi connectivity index (χ1v) is 8.97. The lowest BCUT2D eigenvalue weighted by atomic mass is 10.1. The van der Waals surface area contributed by atoms with Crippen molar-refractivity contribution in [3.05, 3.63) is 83.7 Å². The molecule has 3 aromatic rings. The summed E-state index contributed by atoms with van der Waals surface area (Å²) in [5.74, 6) is 0.860. The molecule has 0 spiro atoms. The highest BCUT2D eigenvalue weighted by atomic mass is 16.5. The van der Waals surface area contributed by atoms with Crippen LogP contribution in [-0.4, -0.2) is 29.7 Å². The van der Waals surface area contributed by atoms with Gasteiger partial charge in [-0.15, -0.1) is 0 Å². The lowest BCUT2D eigenvalue weighted by Gasteiger charge is -2.22. The zero-order chi connectivity index (χ0) is 17.9. The topological polar surface area (TPSA) is 26.6 Å². The molecule has 134 valence electrons. The molecule has 0 bridgehead atoms. The standard InChI is InChI=1S/C22H24N2O2/c1-17-7-9-18(10-8-17)15-24-13-14-26-22(24)19-11-12-23(16-19)20-5-3-4-6-21(20)25-2/h3-12,16,22H,13-15H2,1-2H3/t22-/m1/s1. The number of rotatable bonds is 5. The van der Waals surface area contributed by atoms with Gasteiger partial charge in [-0.05, 0) is 30.7 Å². The third-order valence-electron chi connectivity index (χ3n) is 4.86. The van der Waals surface area contributed by atoms with Crippen LogP contribution in [0.5, 0.6) is 5.75 Å². The van der Waals surface area contributed by atoms with Crippen LogP contribution >= 0.6 is 0 Å². The predicted molar refractivity (Wildman–Crippen MR) is 103 cm³/mol. The quantitative estimate of drug-likeness (QED) is 0.687. The third-order valence-corrected chi connectivity index (χ3v) is 4.86. The van der Waals surface area contributed by atoms with Gasteiger partial charge in [0.05, 0.1) is 19.4 Å². The van der Waals surface area contributed by atoms with Crippen molar-refractivity contribution in [1.82, 2.24) is 9.47 Å². The van der Waals surface area contributed by atoms with Gasteiger partial charge in [-0.3, -0.25) is 4.90 Å². The summed E-state index contributed by atoms with van der Waals surface area (Å²) in [5, 5.41) is 0. The first kappa shape index (κ1) is 16.9. The molecular weight excluding hydrogens is 324 g/mol. The van der Waals surface area contributed by atoms with E-state index in [2.05, 4.69) is 65.2 Å². The summed E-state index contributed by atoms with van der Waals surface area (Å²) in [6, 6.07) is 18.9. The van der Waals surface area contributed by atoms with E-state index in [-0.39, 0.29) is 6.23 Å². The fourth-order valence-electron chi connectivity index (χ4n) is 3.45. The molecule has 1 aliphatic rings. The van der Waals surface area contributed by atoms with E-state index < -0.39 is 0 Å². The maximum atomic E-state index is 6.03. The minimum Gasteiger partial charge on any atom is -0.495 e. The minimum atomic E-state index is -0.00717. The highest BCUT2D eigenvalue weighted by molar-refractivity contribution is 5.47. The smallest absolute Gasteiger partial charge is 0.142 e. The lowest BCUT2D eigenvalue weighted by molar-refractivity contribution is 0.0288. The average molecular weight is 348 g/mol. The molecule has 0 N–H and O–H groups in total. The van der Waals surface area contributed by atoms with Gasteiger partial charge < -0.3 is 14.0 Å². The second-order valence-electron chi connectivity index (χ2n) is 6.70. The molecule has 4 nitrogen and oxygen atoms in total. The number of ether oxygens (including phenoxy) is 2. The number of methoxy groups -OCH3 is 1. The van der Waals surface area contributed by atoms with Gasteiger partial charge in [0.25, 0.3) is 0 Å². The predicted octanol–water partition coefficient (Wildman–Crippen LogP) is 4.33. The molecule has 4 heteroatoms. The molecule has 26 heavy (non-hydrogen) atoms. The molecule has 2 heterocycles. The molecule has 0 radical (unpaired) electrons. The van der Waals surface area contributed by atoms with E-state index in [1.807, 2.05) is 18.2 Å². The van der Waals surface area contributed by atoms with Crippen molar-refractivity contribution < 1.29 is 9.47 Å². The summed E-state index contributed by atoms with van der Waals surface area (Å²) < 4.78 is 13.6. The molecule has 1 aromatic heterocycles. The fraction of sp³-hybridized carbons (Fsp3) is 0.273. The molecule has 1 saturated heterocycles. The molecule has 0 aliphatic carbocycles. The van der Waals surface area contributed by atoms with Crippen molar-refractivity contribution in [2.75, 3.05) is 20.3 Å². The molecule has 0 saturated carbocycles. The third kappa shape index (κ3) is 3.39. The summed E-state index contributed by atoms with van der Waals surface area (Å²) in [4.78, 5) is 2.38. The molecule has 1 aliphatic heterocycles. The zero-order valence-corrected chi connectivity index (χ0v) is 15.3. The number of nitrogens with zero attached hydrogens (tertiary/aromatic N) is 2. The van der Waals surface area contributed by atoms with E-state index in [0.29, 0.717) is 0 Å². The molecule has 0 amide bonds. The van der Waals surface area contributed by atoms with Crippen LogP contribution in [0.2, 0.25) is 0 Å². The van der Waals surface area contributed by atoms with Crippen LogP contribution in [0.1, 0.15) is 22.9 Å². The molecule has 1 atom stereocenters. The second-order valence-corrected chi connectivity index (χ2v) is 6.70. The summed E-state index contributed by atoms with van der Waals surface area (Å²) in [5.41, 5.74) is 4.80. The number of aryl methyl sites for hydroxylation is 1. The number of hydrogen-bond donors (Lipinski definition) is 0. The maximum absolute atomic E-state index is 6.03. The highest BCUT2D eigenvalue weighted by Gasteiger charge is 2.27. The van der Waals surface area contributed by atoms with Gasteiger partial charge in [-0.25, -0.2) is 0 Å². The van der Waals surface area contributed by atoms with Crippen molar-refractivity contribution in [2.45, 2.75) is 19.7 Å². The Bertz CT molecular complexity index is 870. The fourth-order valence-corrected chi connectivity index (χ4v) is 3.45. The number of para-hydroxylation sites is 2. The first-order valence-electron chi connectivity index (χ1n) is 8.97. The number of hydrogen-bond acceptors (Lipinski definition) is 3. The van der Waals surface area contributed by atoms with Crippen LogP contribution in [0.3, 0.4) is 0 Å². The molecule has 0 unspecified atom stereocenters. The second kappa shape index (κ2) is 7.36. The van der Waals surface area contributed by atoms with Crippen LogP contribution in [0.4, 0.5) is 0 Å². The van der Waals surface area contributed by atoms with Crippen LogP contribution in [-0.2, 0) is 11.3 Å². The lowest BCUT2D eigenvalue weighted by Crippen LogP contribution is -2.23. The SMILES string of the molecule is COc1ccccc1-n1ccc([C@H]2OCCN2Cc2ccc(C)cc2)c1. The van der Waals surface area contributed by atoms with E-state index in [9.17, 15) is 0 Å². The Morgan fingerprint density at radius 2 is 1.88 bits per heavy atom. The van der Waals surface area contributed by atoms with Crippen molar-refractivity contribution >= 4 is 0 Å². The minimum absolute atomic E-state index is 0.00717. The molecule has 2 aromatic carbocycles. The molecule has 4 rings (SSSR count). The van der Waals surface area contributed by atoms with Gasteiger partial charge in [0.2, 0.25) is 0 Å². The van der Waals surface area contributed by atoms with Crippen molar-refractivity contribution in [2.24, 2.45) is 0 Å². The summed E-state index contributed by atoms with van der Waals surface area (Å²) in [6.07, 6.45) is 4.20. The molecule has 1 fully saturated rings. The monoisotopic (exact) mass is 348 g/mol. The normalized spacial score (nSPS) is 17.5. The Kier molecular flexibility index (Phi) is 4.78. The molecular formula is C22H24N2O2. The van der Waals surface area contributed by atoms with Gasteiger partial charge in [0, 0.05) is 31.0 Å². The zero-order valence-electron chi connectivity index (χ0n) is 15.3. The van der Waals surface area contributed by atoms with E-state index in [0.717, 1.165) is 31.1 Å². The van der Waals surface area contributed by atoms with Gasteiger partial charge in [0.1, 0.15) is 12.0 Å². The largest absolute Gasteiger partial charge is 0.495 e. The van der Waals surface area contributed by atoms with E-state index in [1.165, 1.54) is 16.7 Å². The van der Waals surface area contributed by atoms with Gasteiger partial charge in [-0.1, -0.05) is 42.0 Å². The van der Waals surface area contributed by atoms with Crippen LogP contribution in [0, 0.1) is 6.92 Å². The van der Waals surface area contributed by atoms with Crippen molar-refractivity contribution in [1.29, 1.82) is 0 Å². The Hall–Kier alpha value is -2.56. The van der Waals surface area contributed by atoms with Crippen LogP contribution in [0.25, 0.3) is 5.69 Å². The summed E-state index contributed by atoms with van der Waals surface area (Å²) in [7, 11) is 1.70. The van der Waals surface area contributed by atoms with Crippen LogP contribution in [0.15, 0.2) is 67.0 Å². The number of benzene rings is 2. The van der Waals surface area contributed by atoms with E-state index in [4.69, 9.17) is 9.47 Å². The van der Waals surface area contributed by atoms with Gasteiger partial charge >= 0.3 is 0 Å². The Balaban J connectivity index is 1.55. The maximum Gasteiger partial charge on any atom is 0.142 e. The van der Waals surface area contributed by atoms with E-state index >= 15 is 0 Å². The average Bonchev–Trinajstić information content (AvgIpc) is 3.33. The summed E-state index contributed by atoms with van der Waals surface area (Å²) in [6.45, 7) is 4.71. The summed E-state index contributed by atoms with van der Waals surface area (Å²) >= 11 is 0. The van der Waals surface area contributed by atoms with E-state index in [1.54, 1.807) is 7.11 Å². The number of aromatic nitrogens is 1.